The number of fused-ring (bicyclic) bond motifs is 1. The maximum Gasteiger partial charge on any atom is 0.223 e. The van der Waals surface area contributed by atoms with Crippen LogP contribution in [-0.4, -0.2) is 34.8 Å². The summed E-state index contributed by atoms with van der Waals surface area (Å²) in [6.45, 7) is 1.72. The molecule has 0 unspecified atom stereocenters. The Labute approximate surface area is 155 Å². The average molecular weight is 381 g/mol. The molecule has 3 heterocycles. The molecule has 3 aromatic heterocycles. The molecule has 0 aliphatic carbocycles. The van der Waals surface area contributed by atoms with Crippen molar-refractivity contribution in [3.63, 3.8) is 0 Å². The Hall–Kier alpha value is -3.33. The Balaban J connectivity index is 1.71. The third-order valence-corrected chi connectivity index (χ3v) is 5.07. The van der Waals surface area contributed by atoms with Crippen LogP contribution < -0.4 is 5.32 Å². The molecule has 0 aliphatic heterocycles. The normalized spacial score (nSPS) is 11.6. The van der Waals surface area contributed by atoms with Crippen molar-refractivity contribution in [3.05, 3.63) is 54.7 Å². The van der Waals surface area contributed by atoms with Gasteiger partial charge in [0.1, 0.15) is 11.5 Å². The fourth-order valence-corrected chi connectivity index (χ4v) is 3.27. The fourth-order valence-electron chi connectivity index (χ4n) is 2.64. The first-order valence-electron chi connectivity index (χ1n) is 8.03. The molecule has 0 amide bonds. The number of aromatic nitrogens is 4. The van der Waals surface area contributed by atoms with Crippen molar-refractivity contribution in [2.75, 3.05) is 11.6 Å². The van der Waals surface area contributed by atoms with E-state index in [1.54, 1.807) is 43.6 Å². The van der Waals surface area contributed by atoms with Crippen LogP contribution in [0.5, 0.6) is 0 Å². The zero-order valence-corrected chi connectivity index (χ0v) is 15.4. The summed E-state index contributed by atoms with van der Waals surface area (Å²) in [6.07, 6.45) is 4.57. The topological polar surface area (TPSA) is 111 Å². The highest BCUT2D eigenvalue weighted by molar-refractivity contribution is 7.90. The van der Waals surface area contributed by atoms with E-state index in [0.29, 0.717) is 23.2 Å². The molecule has 0 spiro atoms. The number of rotatable bonds is 4. The lowest BCUT2D eigenvalue weighted by atomic mass is 10.1. The highest BCUT2D eigenvalue weighted by Gasteiger charge is 2.13. The number of anilines is 2. The second-order valence-electron chi connectivity index (χ2n) is 6.01. The van der Waals surface area contributed by atoms with Crippen LogP contribution in [0, 0.1) is 6.92 Å². The molecule has 0 saturated carbocycles. The van der Waals surface area contributed by atoms with Gasteiger partial charge in [-0.25, -0.2) is 13.4 Å². The van der Waals surface area contributed by atoms with E-state index in [4.69, 9.17) is 4.52 Å². The van der Waals surface area contributed by atoms with Crippen LogP contribution in [0.2, 0.25) is 0 Å². The van der Waals surface area contributed by atoms with E-state index in [1.807, 2.05) is 12.1 Å². The van der Waals surface area contributed by atoms with Gasteiger partial charge in [-0.05, 0) is 36.4 Å². The van der Waals surface area contributed by atoms with Crippen molar-refractivity contribution < 1.29 is 12.9 Å². The molecule has 27 heavy (non-hydrogen) atoms. The molecule has 1 aromatic carbocycles. The van der Waals surface area contributed by atoms with Crippen LogP contribution in [-0.2, 0) is 9.84 Å². The molecule has 8 nitrogen and oxygen atoms in total. The van der Waals surface area contributed by atoms with E-state index in [1.165, 1.54) is 6.26 Å². The van der Waals surface area contributed by atoms with Crippen molar-refractivity contribution >= 4 is 32.1 Å². The summed E-state index contributed by atoms with van der Waals surface area (Å²) >= 11 is 0. The number of benzene rings is 1. The average Bonchev–Trinajstić information content (AvgIpc) is 3.07. The molecule has 1 N–H and O–H groups in total. The van der Waals surface area contributed by atoms with Crippen molar-refractivity contribution in [1.29, 1.82) is 0 Å². The van der Waals surface area contributed by atoms with Gasteiger partial charge in [-0.2, -0.15) is 4.98 Å². The first-order chi connectivity index (χ1) is 12.9. The summed E-state index contributed by atoms with van der Waals surface area (Å²) in [4.78, 5) is 13.3. The van der Waals surface area contributed by atoms with Crippen LogP contribution >= 0.6 is 0 Å². The molecule has 0 saturated heterocycles. The summed E-state index contributed by atoms with van der Waals surface area (Å²) < 4.78 is 28.2. The standard InChI is InChI=1S/C18H15N5O3S/c1-11-21-18(23-26-11)17-15-9-16(20-10-12(15)7-8-19-17)22-13-3-5-14(6-4-13)27(2,24)25/h3-10H,1-2H3,(H,20,22). The predicted octanol–water partition coefficient (Wildman–Crippen LogP) is 3.14. The lowest BCUT2D eigenvalue weighted by Crippen LogP contribution is -1.98. The largest absolute Gasteiger partial charge is 0.340 e. The number of nitrogens with one attached hydrogen (secondary N) is 1. The summed E-state index contributed by atoms with van der Waals surface area (Å²) in [5.41, 5.74) is 1.32. The summed E-state index contributed by atoms with van der Waals surface area (Å²) in [5.74, 6) is 1.46. The number of sulfone groups is 1. The Bertz CT molecular complexity index is 1230. The summed E-state index contributed by atoms with van der Waals surface area (Å²) in [7, 11) is -3.23. The number of pyridine rings is 2. The lowest BCUT2D eigenvalue weighted by molar-refractivity contribution is 0.394. The molecule has 9 heteroatoms. The van der Waals surface area contributed by atoms with Gasteiger partial charge in [0.05, 0.1) is 4.90 Å². The molecule has 0 bridgehead atoms. The third-order valence-electron chi connectivity index (χ3n) is 3.94. The van der Waals surface area contributed by atoms with Gasteiger partial charge < -0.3 is 9.84 Å². The smallest absolute Gasteiger partial charge is 0.223 e. The Kier molecular flexibility index (Phi) is 4.08. The maximum atomic E-state index is 11.6. The minimum absolute atomic E-state index is 0.262. The van der Waals surface area contributed by atoms with Crippen LogP contribution in [0.3, 0.4) is 0 Å². The van der Waals surface area contributed by atoms with Crippen LogP contribution in [0.4, 0.5) is 11.5 Å². The molecule has 4 rings (SSSR count). The van der Waals surface area contributed by atoms with Crippen molar-refractivity contribution in [3.8, 4) is 11.5 Å². The Morgan fingerprint density at radius 2 is 1.85 bits per heavy atom. The number of nitrogens with zero attached hydrogens (tertiary/aromatic N) is 4. The zero-order chi connectivity index (χ0) is 19.0. The van der Waals surface area contributed by atoms with Crippen molar-refractivity contribution in [1.82, 2.24) is 20.1 Å². The minimum Gasteiger partial charge on any atom is -0.340 e. The van der Waals surface area contributed by atoms with Crippen LogP contribution in [0.25, 0.3) is 22.3 Å². The van der Waals surface area contributed by atoms with E-state index in [2.05, 4.69) is 25.4 Å². The van der Waals surface area contributed by atoms with Gasteiger partial charge in [0, 0.05) is 42.0 Å². The van der Waals surface area contributed by atoms with Crippen LogP contribution in [0.1, 0.15) is 5.89 Å². The van der Waals surface area contributed by atoms with Gasteiger partial charge in [-0.1, -0.05) is 5.16 Å². The molecular weight excluding hydrogens is 366 g/mol. The van der Waals surface area contributed by atoms with Gasteiger partial charge in [0.15, 0.2) is 9.84 Å². The van der Waals surface area contributed by atoms with Gasteiger partial charge in [0.2, 0.25) is 11.7 Å². The first-order valence-corrected chi connectivity index (χ1v) is 9.92. The third kappa shape index (κ3) is 3.49. The van der Waals surface area contributed by atoms with Gasteiger partial charge >= 0.3 is 0 Å². The monoisotopic (exact) mass is 381 g/mol. The number of hydrogen-bond donors (Lipinski definition) is 1. The minimum atomic E-state index is -3.23. The van der Waals surface area contributed by atoms with E-state index in [-0.39, 0.29) is 4.90 Å². The van der Waals surface area contributed by atoms with E-state index in [9.17, 15) is 8.42 Å². The Morgan fingerprint density at radius 3 is 2.52 bits per heavy atom. The SMILES string of the molecule is Cc1nc(-c2nccc3cnc(Nc4ccc(S(C)(=O)=O)cc4)cc23)no1. The predicted molar refractivity (Wildman–Crippen MR) is 100 cm³/mol. The number of hydrogen-bond acceptors (Lipinski definition) is 8. The molecule has 0 atom stereocenters. The highest BCUT2D eigenvalue weighted by Crippen LogP contribution is 2.27. The Morgan fingerprint density at radius 1 is 1.07 bits per heavy atom. The highest BCUT2D eigenvalue weighted by atomic mass is 32.2. The van der Waals surface area contributed by atoms with Crippen LogP contribution in [0.15, 0.2) is 58.2 Å². The molecule has 0 aliphatic rings. The molecule has 0 fully saturated rings. The van der Waals surface area contributed by atoms with E-state index in [0.717, 1.165) is 16.5 Å². The molecule has 4 aromatic rings. The molecule has 136 valence electrons. The van der Waals surface area contributed by atoms with Crippen molar-refractivity contribution in [2.24, 2.45) is 0 Å². The quantitative estimate of drug-likeness (QED) is 0.574. The molecular formula is C18H15N5O3S. The van der Waals surface area contributed by atoms with Crippen molar-refractivity contribution in [2.45, 2.75) is 11.8 Å². The first kappa shape index (κ1) is 17.1. The molecule has 0 radical (unpaired) electrons. The number of aryl methyl sites for hydroxylation is 1. The lowest BCUT2D eigenvalue weighted by Gasteiger charge is -2.08. The van der Waals surface area contributed by atoms with E-state index < -0.39 is 9.84 Å². The zero-order valence-electron chi connectivity index (χ0n) is 14.5. The maximum absolute atomic E-state index is 11.6. The van der Waals surface area contributed by atoms with Gasteiger partial charge in [-0.15, -0.1) is 0 Å². The second kappa shape index (κ2) is 6.44. The second-order valence-corrected chi connectivity index (χ2v) is 8.02. The summed E-state index contributed by atoms with van der Waals surface area (Å²) in [6, 6.07) is 10.2. The van der Waals surface area contributed by atoms with E-state index >= 15 is 0 Å². The fraction of sp³-hybridized carbons (Fsp3) is 0.111. The van der Waals surface area contributed by atoms with Gasteiger partial charge in [0.25, 0.3) is 0 Å². The summed E-state index contributed by atoms with van der Waals surface area (Å²) in [5, 5.41) is 8.81. The van der Waals surface area contributed by atoms with Gasteiger partial charge in [-0.3, -0.25) is 4.98 Å².